The van der Waals surface area contributed by atoms with Crippen LogP contribution in [0.4, 0.5) is 4.39 Å². The summed E-state index contributed by atoms with van der Waals surface area (Å²) in [5, 5.41) is 6.54. The lowest BCUT2D eigenvalue weighted by atomic mass is 10.1. The second-order valence-corrected chi connectivity index (χ2v) is 7.14. The van der Waals surface area contributed by atoms with Gasteiger partial charge in [0.15, 0.2) is 5.96 Å². The van der Waals surface area contributed by atoms with E-state index in [9.17, 15) is 4.39 Å². The average Bonchev–Trinajstić information content (AvgIpc) is 2.77. The van der Waals surface area contributed by atoms with Crippen molar-refractivity contribution in [3.63, 3.8) is 0 Å². The molecule has 0 bridgehead atoms. The van der Waals surface area contributed by atoms with Gasteiger partial charge in [-0.3, -0.25) is 4.99 Å². The Bertz CT molecular complexity index is 791. The van der Waals surface area contributed by atoms with E-state index in [1.54, 1.807) is 19.2 Å². The van der Waals surface area contributed by atoms with Crippen molar-refractivity contribution in [1.82, 2.24) is 10.6 Å². The summed E-state index contributed by atoms with van der Waals surface area (Å²) >= 11 is 0. The zero-order valence-corrected chi connectivity index (χ0v) is 17.0. The minimum absolute atomic E-state index is 0.169. The van der Waals surface area contributed by atoms with E-state index in [0.29, 0.717) is 43.7 Å². The van der Waals surface area contributed by atoms with Crippen LogP contribution in [-0.2, 0) is 29.0 Å². The molecule has 0 aromatic heterocycles. The number of guanidine groups is 1. The van der Waals surface area contributed by atoms with Crippen LogP contribution in [0, 0.1) is 5.82 Å². The molecule has 1 heterocycles. The highest BCUT2D eigenvalue weighted by molar-refractivity contribution is 5.79. The molecule has 156 valence electrons. The van der Waals surface area contributed by atoms with Gasteiger partial charge in [0.05, 0.1) is 12.7 Å². The maximum absolute atomic E-state index is 13.7. The van der Waals surface area contributed by atoms with Crippen LogP contribution in [0.2, 0.25) is 0 Å². The van der Waals surface area contributed by atoms with Crippen molar-refractivity contribution in [1.29, 1.82) is 0 Å². The lowest BCUT2D eigenvalue weighted by Crippen LogP contribution is -2.37. The lowest BCUT2D eigenvalue weighted by Gasteiger charge is -2.22. The predicted molar refractivity (Wildman–Crippen MR) is 113 cm³/mol. The smallest absolute Gasteiger partial charge is 0.191 e. The molecular weight excluding hydrogens is 369 g/mol. The van der Waals surface area contributed by atoms with E-state index in [2.05, 4.69) is 33.8 Å². The molecule has 0 amide bonds. The molecule has 29 heavy (non-hydrogen) atoms. The number of hydrogen-bond acceptors (Lipinski definition) is 3. The van der Waals surface area contributed by atoms with Crippen molar-refractivity contribution in [3.05, 3.63) is 71.0 Å². The monoisotopic (exact) mass is 399 g/mol. The Morgan fingerprint density at radius 3 is 2.69 bits per heavy atom. The van der Waals surface area contributed by atoms with Crippen LogP contribution in [0.5, 0.6) is 0 Å². The fraction of sp³-hybridized carbons (Fsp3) is 0.435. The number of aliphatic imine (C=N–C) groups is 1. The van der Waals surface area contributed by atoms with Crippen LogP contribution in [0.25, 0.3) is 0 Å². The van der Waals surface area contributed by atoms with Crippen LogP contribution in [-0.4, -0.2) is 38.9 Å². The van der Waals surface area contributed by atoms with Gasteiger partial charge in [-0.2, -0.15) is 0 Å². The van der Waals surface area contributed by atoms with Crippen molar-refractivity contribution in [3.8, 4) is 0 Å². The summed E-state index contributed by atoms with van der Waals surface area (Å²) in [6.07, 6.45) is 2.83. The molecule has 0 aliphatic carbocycles. The van der Waals surface area contributed by atoms with Gasteiger partial charge in [-0.05, 0) is 42.0 Å². The van der Waals surface area contributed by atoms with Gasteiger partial charge in [0, 0.05) is 33.4 Å². The Hall–Kier alpha value is -2.44. The second kappa shape index (κ2) is 11.5. The molecule has 6 heteroatoms. The molecule has 2 aromatic carbocycles. The molecule has 0 spiro atoms. The van der Waals surface area contributed by atoms with Crippen molar-refractivity contribution in [2.75, 3.05) is 26.8 Å². The minimum atomic E-state index is -0.169. The van der Waals surface area contributed by atoms with Crippen molar-refractivity contribution in [2.24, 2.45) is 4.99 Å². The summed E-state index contributed by atoms with van der Waals surface area (Å²) < 4.78 is 25.1. The van der Waals surface area contributed by atoms with Gasteiger partial charge in [-0.1, -0.05) is 42.5 Å². The number of nitrogens with one attached hydrogen (secondary N) is 2. The maximum Gasteiger partial charge on any atom is 0.191 e. The number of ether oxygens (including phenoxy) is 2. The molecule has 0 unspecified atom stereocenters. The van der Waals surface area contributed by atoms with Crippen LogP contribution in [0.15, 0.2) is 53.5 Å². The Balaban J connectivity index is 1.42. The molecule has 0 radical (unpaired) electrons. The third kappa shape index (κ3) is 7.15. The average molecular weight is 400 g/mol. The highest BCUT2D eigenvalue weighted by Crippen LogP contribution is 2.14. The van der Waals surface area contributed by atoms with E-state index in [1.165, 1.54) is 11.6 Å². The van der Waals surface area contributed by atoms with Crippen molar-refractivity contribution >= 4 is 5.96 Å². The van der Waals surface area contributed by atoms with Crippen LogP contribution in [0.3, 0.4) is 0 Å². The quantitative estimate of drug-likeness (QED) is 0.528. The minimum Gasteiger partial charge on any atom is -0.381 e. The normalized spacial score (nSPS) is 15.3. The number of hydrogen-bond donors (Lipinski definition) is 2. The molecule has 1 fully saturated rings. The van der Waals surface area contributed by atoms with Gasteiger partial charge in [0.25, 0.3) is 0 Å². The third-order valence-corrected chi connectivity index (χ3v) is 4.97. The first-order valence-electron chi connectivity index (χ1n) is 10.2. The SMILES string of the molecule is CN=C(NCCc1ccccc1F)NCc1cccc(COC2CCOCC2)c1. The Kier molecular flexibility index (Phi) is 8.46. The van der Waals surface area contributed by atoms with Crippen LogP contribution in [0.1, 0.15) is 29.5 Å². The molecule has 2 N–H and O–H groups in total. The molecule has 1 aliphatic heterocycles. The Morgan fingerprint density at radius 2 is 1.90 bits per heavy atom. The van der Waals surface area contributed by atoms with Gasteiger partial charge in [-0.25, -0.2) is 4.39 Å². The summed E-state index contributed by atoms with van der Waals surface area (Å²) in [5.41, 5.74) is 3.03. The highest BCUT2D eigenvalue weighted by atomic mass is 19.1. The summed E-state index contributed by atoms with van der Waals surface area (Å²) in [5.74, 6) is 0.530. The molecular formula is C23H30FN3O2. The van der Waals surface area contributed by atoms with Gasteiger partial charge >= 0.3 is 0 Å². The van der Waals surface area contributed by atoms with Crippen LogP contribution >= 0.6 is 0 Å². The predicted octanol–water partition coefficient (Wildman–Crippen LogP) is 3.43. The summed E-state index contributed by atoms with van der Waals surface area (Å²) in [6, 6.07) is 15.2. The topological polar surface area (TPSA) is 54.9 Å². The molecule has 5 nitrogen and oxygen atoms in total. The lowest BCUT2D eigenvalue weighted by molar-refractivity contribution is -0.0390. The molecule has 0 atom stereocenters. The fourth-order valence-electron chi connectivity index (χ4n) is 3.31. The van der Waals surface area contributed by atoms with Crippen molar-refractivity contribution in [2.45, 2.75) is 38.5 Å². The number of halogens is 1. The first-order valence-corrected chi connectivity index (χ1v) is 10.2. The van der Waals surface area contributed by atoms with E-state index in [1.807, 2.05) is 12.1 Å². The zero-order chi connectivity index (χ0) is 20.3. The first-order chi connectivity index (χ1) is 14.2. The molecule has 1 aliphatic rings. The van der Waals surface area contributed by atoms with Gasteiger partial charge in [0.2, 0.25) is 0 Å². The van der Waals surface area contributed by atoms with Crippen LogP contribution < -0.4 is 10.6 Å². The van der Waals surface area contributed by atoms with Gasteiger partial charge in [0.1, 0.15) is 5.82 Å². The van der Waals surface area contributed by atoms with E-state index < -0.39 is 0 Å². The molecule has 0 saturated carbocycles. The largest absolute Gasteiger partial charge is 0.381 e. The maximum atomic E-state index is 13.7. The second-order valence-electron chi connectivity index (χ2n) is 7.14. The standard InChI is InChI=1S/C23H30FN3O2/c1-25-23(26-12-9-20-7-2-3-8-22(20)24)27-16-18-5-4-6-19(15-18)17-29-21-10-13-28-14-11-21/h2-8,15,21H,9-14,16-17H2,1H3,(H2,25,26,27). The first kappa shape index (κ1) is 21.3. The van der Waals surface area contributed by atoms with E-state index >= 15 is 0 Å². The van der Waals surface area contributed by atoms with Gasteiger partial charge < -0.3 is 20.1 Å². The highest BCUT2D eigenvalue weighted by Gasteiger charge is 2.14. The van der Waals surface area contributed by atoms with E-state index in [-0.39, 0.29) is 5.82 Å². The summed E-state index contributed by atoms with van der Waals surface area (Å²) in [6.45, 7) is 3.47. The fourth-order valence-corrected chi connectivity index (χ4v) is 3.31. The Morgan fingerprint density at radius 1 is 1.10 bits per heavy atom. The Labute approximate surface area is 172 Å². The summed E-state index contributed by atoms with van der Waals surface area (Å²) in [7, 11) is 1.73. The molecule has 2 aromatic rings. The zero-order valence-electron chi connectivity index (χ0n) is 17.0. The number of rotatable bonds is 8. The molecule has 1 saturated heterocycles. The van der Waals surface area contributed by atoms with Crippen molar-refractivity contribution < 1.29 is 13.9 Å². The third-order valence-electron chi connectivity index (χ3n) is 4.97. The van der Waals surface area contributed by atoms with E-state index in [4.69, 9.17) is 9.47 Å². The number of benzene rings is 2. The summed E-state index contributed by atoms with van der Waals surface area (Å²) in [4.78, 5) is 4.24. The molecule has 3 rings (SSSR count). The van der Waals surface area contributed by atoms with E-state index in [0.717, 1.165) is 31.6 Å². The van der Waals surface area contributed by atoms with Gasteiger partial charge in [-0.15, -0.1) is 0 Å². The number of nitrogens with zero attached hydrogens (tertiary/aromatic N) is 1.